The summed E-state index contributed by atoms with van der Waals surface area (Å²) in [6, 6.07) is 8.25. The van der Waals surface area contributed by atoms with Crippen LogP contribution in [0.25, 0.3) is 11.4 Å². The lowest BCUT2D eigenvalue weighted by Gasteiger charge is -2.20. The second kappa shape index (κ2) is 9.42. The Morgan fingerprint density at radius 2 is 2.19 bits per heavy atom. The summed E-state index contributed by atoms with van der Waals surface area (Å²) in [5.41, 5.74) is 2.23. The molecule has 8 nitrogen and oxygen atoms in total. The second-order valence-corrected chi connectivity index (χ2v) is 6.07. The minimum Gasteiger partial charge on any atom is -0.475 e. The van der Waals surface area contributed by atoms with Crippen molar-refractivity contribution in [2.45, 2.75) is 31.7 Å². The average molecular weight is 387 g/mol. The monoisotopic (exact) mass is 387 g/mol. The SMILES string of the molecule is CN(Cc1cccc(-c2nn[nH]n2)c1)CC1CCCO1.O=C(O)C(F)(F)F. The predicted molar refractivity (Wildman–Crippen MR) is 88.6 cm³/mol. The van der Waals surface area contributed by atoms with Crippen molar-refractivity contribution in [2.75, 3.05) is 20.2 Å². The van der Waals surface area contributed by atoms with Gasteiger partial charge in [-0.2, -0.15) is 18.4 Å². The number of rotatable bonds is 5. The number of nitrogens with zero attached hydrogens (tertiary/aromatic N) is 4. The van der Waals surface area contributed by atoms with Crippen LogP contribution in [0.5, 0.6) is 0 Å². The third-order valence-electron chi connectivity index (χ3n) is 3.76. The molecule has 2 N–H and O–H groups in total. The first-order valence-corrected chi connectivity index (χ1v) is 8.18. The third-order valence-corrected chi connectivity index (χ3v) is 3.76. The van der Waals surface area contributed by atoms with E-state index in [4.69, 9.17) is 14.6 Å². The Balaban J connectivity index is 0.000000321. The standard InChI is InChI=1S/C14H19N5O.C2HF3O2/c1-19(10-13-6-3-7-20-13)9-11-4-2-5-12(8-11)14-15-17-18-16-14;3-2(4,5)1(6)7/h2,4-5,8,13H,3,6-7,9-10H2,1H3,(H,15,16,17,18);(H,6,7). The Hall–Kier alpha value is -2.53. The molecule has 0 spiro atoms. The van der Waals surface area contributed by atoms with Crippen molar-refractivity contribution in [1.29, 1.82) is 0 Å². The summed E-state index contributed by atoms with van der Waals surface area (Å²) < 4.78 is 37.4. The van der Waals surface area contributed by atoms with E-state index in [1.165, 1.54) is 18.4 Å². The molecule has 1 aromatic heterocycles. The molecule has 1 aromatic carbocycles. The number of carboxylic acids is 1. The number of carboxylic acid groups (broad SMARTS) is 1. The summed E-state index contributed by atoms with van der Waals surface area (Å²) >= 11 is 0. The van der Waals surface area contributed by atoms with Gasteiger partial charge in [0, 0.05) is 25.3 Å². The highest BCUT2D eigenvalue weighted by Crippen LogP contribution is 2.17. The number of likely N-dealkylation sites (N-methyl/N-ethyl adjacent to an activating group) is 1. The van der Waals surface area contributed by atoms with Crippen LogP contribution in [0, 0.1) is 0 Å². The van der Waals surface area contributed by atoms with Crippen molar-refractivity contribution < 1.29 is 27.8 Å². The third kappa shape index (κ3) is 6.94. The minimum atomic E-state index is -5.08. The summed E-state index contributed by atoms with van der Waals surface area (Å²) in [7, 11) is 2.13. The topological polar surface area (TPSA) is 104 Å². The van der Waals surface area contributed by atoms with Crippen LogP contribution in [0.3, 0.4) is 0 Å². The molecule has 1 unspecified atom stereocenters. The van der Waals surface area contributed by atoms with Gasteiger partial charge in [-0.1, -0.05) is 18.2 Å². The van der Waals surface area contributed by atoms with E-state index in [1.54, 1.807) is 0 Å². The number of H-pyrrole nitrogens is 1. The van der Waals surface area contributed by atoms with Gasteiger partial charge in [-0.25, -0.2) is 4.79 Å². The van der Waals surface area contributed by atoms with Crippen molar-refractivity contribution in [3.8, 4) is 11.4 Å². The number of tetrazole rings is 1. The molecule has 2 aromatic rings. The fourth-order valence-electron chi connectivity index (χ4n) is 2.61. The lowest BCUT2D eigenvalue weighted by atomic mass is 10.1. The zero-order valence-corrected chi connectivity index (χ0v) is 14.6. The van der Waals surface area contributed by atoms with Gasteiger partial charge in [-0.15, -0.1) is 10.2 Å². The molecule has 0 saturated carbocycles. The van der Waals surface area contributed by atoms with Crippen LogP contribution < -0.4 is 0 Å². The minimum absolute atomic E-state index is 0.389. The molecule has 1 aliphatic rings. The van der Waals surface area contributed by atoms with Gasteiger partial charge in [0.2, 0.25) is 5.82 Å². The van der Waals surface area contributed by atoms with E-state index < -0.39 is 12.1 Å². The summed E-state index contributed by atoms with van der Waals surface area (Å²) in [5, 5.41) is 21.2. The number of aromatic amines is 1. The number of aromatic nitrogens is 4. The largest absolute Gasteiger partial charge is 0.490 e. The molecule has 0 amide bonds. The Kier molecular flexibility index (Phi) is 7.25. The fourth-order valence-corrected chi connectivity index (χ4v) is 2.61. The van der Waals surface area contributed by atoms with E-state index in [-0.39, 0.29) is 0 Å². The van der Waals surface area contributed by atoms with Crippen LogP contribution >= 0.6 is 0 Å². The van der Waals surface area contributed by atoms with Crippen LogP contribution in [0.1, 0.15) is 18.4 Å². The molecule has 1 fully saturated rings. The summed E-state index contributed by atoms with van der Waals surface area (Å²) in [6.07, 6.45) is -2.33. The molecule has 1 atom stereocenters. The van der Waals surface area contributed by atoms with Gasteiger partial charge in [0.25, 0.3) is 0 Å². The summed E-state index contributed by atoms with van der Waals surface area (Å²) in [6.45, 7) is 2.78. The number of aliphatic carboxylic acids is 1. The van der Waals surface area contributed by atoms with Crippen molar-refractivity contribution in [3.05, 3.63) is 29.8 Å². The van der Waals surface area contributed by atoms with Gasteiger partial charge in [-0.3, -0.25) is 4.90 Å². The molecule has 0 aliphatic carbocycles. The number of hydrogen-bond donors (Lipinski definition) is 2. The smallest absolute Gasteiger partial charge is 0.475 e. The first-order valence-electron chi connectivity index (χ1n) is 8.18. The number of hydrogen-bond acceptors (Lipinski definition) is 6. The highest BCUT2D eigenvalue weighted by atomic mass is 19.4. The van der Waals surface area contributed by atoms with Crippen molar-refractivity contribution in [3.63, 3.8) is 0 Å². The lowest BCUT2D eigenvalue weighted by molar-refractivity contribution is -0.192. The van der Waals surface area contributed by atoms with E-state index in [0.29, 0.717) is 11.9 Å². The van der Waals surface area contributed by atoms with E-state index >= 15 is 0 Å². The Labute approximate surface area is 153 Å². The molecule has 0 radical (unpaired) electrons. The highest BCUT2D eigenvalue weighted by Gasteiger charge is 2.38. The number of benzene rings is 1. The zero-order valence-electron chi connectivity index (χ0n) is 14.6. The van der Waals surface area contributed by atoms with Crippen LogP contribution in [0.15, 0.2) is 24.3 Å². The van der Waals surface area contributed by atoms with E-state index in [2.05, 4.69) is 44.7 Å². The van der Waals surface area contributed by atoms with Crippen LogP contribution in [-0.2, 0) is 16.1 Å². The molecule has 1 aliphatic heterocycles. The molecular formula is C16H20F3N5O3. The number of carbonyl (C=O) groups is 1. The predicted octanol–water partition coefficient (Wildman–Crippen LogP) is 2.11. The average Bonchev–Trinajstić information content (AvgIpc) is 3.28. The number of ether oxygens (including phenoxy) is 1. The Morgan fingerprint density at radius 3 is 2.74 bits per heavy atom. The maximum Gasteiger partial charge on any atom is 0.490 e. The molecule has 148 valence electrons. The normalized spacial score (nSPS) is 16.9. The van der Waals surface area contributed by atoms with Gasteiger partial charge in [0.05, 0.1) is 6.10 Å². The highest BCUT2D eigenvalue weighted by molar-refractivity contribution is 5.73. The van der Waals surface area contributed by atoms with Crippen molar-refractivity contribution in [2.24, 2.45) is 0 Å². The number of nitrogens with one attached hydrogen (secondary N) is 1. The molecule has 11 heteroatoms. The van der Waals surface area contributed by atoms with Crippen LogP contribution in [0.2, 0.25) is 0 Å². The van der Waals surface area contributed by atoms with Crippen LogP contribution in [0.4, 0.5) is 13.2 Å². The zero-order chi connectivity index (χ0) is 19.9. The second-order valence-electron chi connectivity index (χ2n) is 6.07. The van der Waals surface area contributed by atoms with Gasteiger partial charge >= 0.3 is 12.1 Å². The van der Waals surface area contributed by atoms with Crippen LogP contribution in [-0.4, -0.2) is 69.1 Å². The summed E-state index contributed by atoms with van der Waals surface area (Å²) in [4.78, 5) is 11.2. The van der Waals surface area contributed by atoms with Crippen molar-refractivity contribution in [1.82, 2.24) is 25.5 Å². The fraction of sp³-hybridized carbons (Fsp3) is 0.500. The number of halogens is 3. The quantitative estimate of drug-likeness (QED) is 0.810. The van der Waals surface area contributed by atoms with Gasteiger partial charge in [-0.05, 0) is 36.7 Å². The van der Waals surface area contributed by atoms with Gasteiger partial charge in [0.1, 0.15) is 0 Å². The maximum atomic E-state index is 10.6. The molecule has 2 heterocycles. The Bertz CT molecular complexity index is 718. The lowest BCUT2D eigenvalue weighted by Crippen LogP contribution is -2.28. The number of alkyl halides is 3. The van der Waals surface area contributed by atoms with E-state index in [0.717, 1.165) is 25.3 Å². The van der Waals surface area contributed by atoms with Gasteiger partial charge < -0.3 is 9.84 Å². The Morgan fingerprint density at radius 1 is 1.44 bits per heavy atom. The van der Waals surface area contributed by atoms with E-state index in [9.17, 15) is 13.2 Å². The maximum absolute atomic E-state index is 10.6. The molecule has 3 rings (SSSR count). The molecule has 0 bridgehead atoms. The molecule has 1 saturated heterocycles. The first-order chi connectivity index (χ1) is 12.8. The summed E-state index contributed by atoms with van der Waals surface area (Å²) in [5.74, 6) is -2.12. The van der Waals surface area contributed by atoms with Crippen molar-refractivity contribution >= 4 is 5.97 Å². The van der Waals surface area contributed by atoms with Gasteiger partial charge in [0.15, 0.2) is 0 Å². The molecular weight excluding hydrogens is 367 g/mol. The van der Waals surface area contributed by atoms with E-state index in [1.807, 2.05) is 12.1 Å². The molecule has 27 heavy (non-hydrogen) atoms. The first kappa shape index (κ1) is 20.8.